The van der Waals surface area contributed by atoms with Gasteiger partial charge in [-0.05, 0) is 61.2 Å². The van der Waals surface area contributed by atoms with E-state index in [4.69, 9.17) is 0 Å². The number of piperidine rings is 1. The Hall–Kier alpha value is -1.14. The standard InChI is InChI=1S/C19H23NO2S2.ClH/c1-14-8-12-24-18(14)16(17-7-4-11-23-17)6-3-10-20-9-2-5-15(13-20)19(21)22;/h4,6-8,11-12,15H,2-3,5,9-10,13H2,1H3,(H,21,22);1H/t15-;/m1./s1. The van der Waals surface area contributed by atoms with Crippen molar-refractivity contribution in [3.8, 4) is 0 Å². The Morgan fingerprint density at radius 3 is 2.84 bits per heavy atom. The molecule has 1 N–H and O–H groups in total. The molecule has 1 saturated heterocycles. The SMILES string of the molecule is Cc1ccsc1C(=CCCN1CCC[C@@H](C(=O)O)C1)c1cccs1.Cl. The maximum absolute atomic E-state index is 11.2. The van der Waals surface area contributed by atoms with Gasteiger partial charge in [-0.1, -0.05) is 12.1 Å². The number of carboxylic acid groups (broad SMARTS) is 1. The van der Waals surface area contributed by atoms with Crippen LogP contribution in [-0.4, -0.2) is 35.6 Å². The van der Waals surface area contributed by atoms with Gasteiger partial charge in [-0.2, -0.15) is 0 Å². The molecule has 2 aromatic rings. The van der Waals surface area contributed by atoms with Gasteiger partial charge < -0.3 is 10.0 Å². The molecular weight excluding hydrogens is 374 g/mol. The molecule has 3 heterocycles. The first-order valence-corrected chi connectivity index (χ1v) is 10.1. The van der Waals surface area contributed by atoms with Gasteiger partial charge >= 0.3 is 5.97 Å². The lowest BCUT2D eigenvalue weighted by Gasteiger charge is -2.30. The van der Waals surface area contributed by atoms with Gasteiger partial charge in [0.2, 0.25) is 0 Å². The molecule has 0 aliphatic carbocycles. The largest absolute Gasteiger partial charge is 0.481 e. The number of aliphatic carboxylic acids is 1. The van der Waals surface area contributed by atoms with E-state index < -0.39 is 5.97 Å². The molecule has 0 amide bonds. The molecule has 1 aliphatic heterocycles. The van der Waals surface area contributed by atoms with Crippen LogP contribution in [0.15, 0.2) is 35.0 Å². The molecule has 0 radical (unpaired) electrons. The van der Waals surface area contributed by atoms with Crippen molar-refractivity contribution in [3.63, 3.8) is 0 Å². The predicted molar refractivity (Wildman–Crippen MR) is 109 cm³/mol. The second kappa shape index (κ2) is 9.53. The van der Waals surface area contributed by atoms with E-state index in [2.05, 4.69) is 46.9 Å². The van der Waals surface area contributed by atoms with Gasteiger partial charge in [0.05, 0.1) is 5.92 Å². The number of halogens is 1. The third-order valence-corrected chi connectivity index (χ3v) is 6.49. The highest BCUT2D eigenvalue weighted by molar-refractivity contribution is 7.13. The summed E-state index contributed by atoms with van der Waals surface area (Å²) in [6.45, 7) is 4.80. The Labute approximate surface area is 163 Å². The van der Waals surface area contributed by atoms with Crippen LogP contribution in [0.3, 0.4) is 0 Å². The lowest BCUT2D eigenvalue weighted by Crippen LogP contribution is -2.39. The van der Waals surface area contributed by atoms with Crippen molar-refractivity contribution in [2.45, 2.75) is 26.2 Å². The summed E-state index contributed by atoms with van der Waals surface area (Å²) in [7, 11) is 0. The monoisotopic (exact) mass is 397 g/mol. The Balaban J connectivity index is 0.00000225. The summed E-state index contributed by atoms with van der Waals surface area (Å²) in [6, 6.07) is 6.44. The van der Waals surface area contributed by atoms with Gasteiger partial charge in [0, 0.05) is 28.4 Å². The van der Waals surface area contributed by atoms with Gasteiger partial charge in [-0.15, -0.1) is 35.1 Å². The van der Waals surface area contributed by atoms with Crippen LogP contribution in [0, 0.1) is 12.8 Å². The van der Waals surface area contributed by atoms with Crippen LogP contribution in [-0.2, 0) is 4.79 Å². The molecule has 0 bridgehead atoms. The minimum Gasteiger partial charge on any atom is -0.481 e. The summed E-state index contributed by atoms with van der Waals surface area (Å²) in [5.41, 5.74) is 2.65. The molecule has 1 fully saturated rings. The predicted octanol–water partition coefficient (Wildman–Crippen LogP) is 5.16. The van der Waals surface area contributed by atoms with Crippen molar-refractivity contribution in [1.82, 2.24) is 4.90 Å². The van der Waals surface area contributed by atoms with Crippen LogP contribution in [0.5, 0.6) is 0 Å². The zero-order chi connectivity index (χ0) is 16.9. The zero-order valence-corrected chi connectivity index (χ0v) is 16.8. The fraction of sp³-hybridized carbons (Fsp3) is 0.421. The topological polar surface area (TPSA) is 40.5 Å². The minimum atomic E-state index is -0.649. The molecule has 3 nitrogen and oxygen atoms in total. The fourth-order valence-corrected chi connectivity index (χ4v) is 5.06. The van der Waals surface area contributed by atoms with Crippen LogP contribution in [0.2, 0.25) is 0 Å². The van der Waals surface area contributed by atoms with Gasteiger partial charge in [0.15, 0.2) is 0 Å². The van der Waals surface area contributed by atoms with Crippen molar-refractivity contribution >= 4 is 46.6 Å². The number of carboxylic acids is 1. The second-order valence-corrected chi connectivity index (χ2v) is 8.16. The van der Waals surface area contributed by atoms with E-state index >= 15 is 0 Å². The van der Waals surface area contributed by atoms with E-state index in [0.717, 1.165) is 32.4 Å². The van der Waals surface area contributed by atoms with E-state index in [1.165, 1.54) is 20.9 Å². The zero-order valence-electron chi connectivity index (χ0n) is 14.3. The van der Waals surface area contributed by atoms with E-state index in [1.54, 1.807) is 22.7 Å². The number of nitrogens with zero attached hydrogens (tertiary/aromatic N) is 1. The van der Waals surface area contributed by atoms with Crippen molar-refractivity contribution in [1.29, 1.82) is 0 Å². The highest BCUT2D eigenvalue weighted by Gasteiger charge is 2.24. The number of hydrogen-bond donors (Lipinski definition) is 1. The molecule has 2 aromatic heterocycles. The number of thiophene rings is 2. The molecule has 25 heavy (non-hydrogen) atoms. The Morgan fingerprint density at radius 1 is 1.36 bits per heavy atom. The molecule has 0 unspecified atom stereocenters. The average Bonchev–Trinajstić information content (AvgIpc) is 3.24. The molecule has 6 heteroatoms. The smallest absolute Gasteiger partial charge is 0.307 e. The Morgan fingerprint density at radius 2 is 2.20 bits per heavy atom. The molecule has 0 saturated carbocycles. The third-order valence-electron chi connectivity index (χ3n) is 4.54. The molecule has 136 valence electrons. The first-order valence-electron chi connectivity index (χ1n) is 8.39. The quantitative estimate of drug-likeness (QED) is 0.731. The first kappa shape index (κ1) is 20.2. The van der Waals surface area contributed by atoms with Crippen molar-refractivity contribution in [2.24, 2.45) is 5.92 Å². The van der Waals surface area contributed by atoms with Crippen LogP contribution >= 0.6 is 35.1 Å². The number of likely N-dealkylation sites (tertiary alicyclic amines) is 1. The average molecular weight is 398 g/mol. The number of hydrogen-bond acceptors (Lipinski definition) is 4. The normalized spacial score (nSPS) is 18.8. The lowest BCUT2D eigenvalue weighted by molar-refractivity contribution is -0.143. The van der Waals surface area contributed by atoms with Gasteiger partial charge in [-0.25, -0.2) is 0 Å². The van der Waals surface area contributed by atoms with Crippen molar-refractivity contribution in [2.75, 3.05) is 19.6 Å². The molecular formula is C19H24ClNO2S2. The highest BCUT2D eigenvalue weighted by Crippen LogP contribution is 2.33. The van der Waals surface area contributed by atoms with E-state index in [9.17, 15) is 9.90 Å². The van der Waals surface area contributed by atoms with Gasteiger partial charge in [0.25, 0.3) is 0 Å². The number of rotatable bonds is 6. The summed E-state index contributed by atoms with van der Waals surface area (Å²) >= 11 is 3.57. The molecule has 0 aromatic carbocycles. The maximum atomic E-state index is 11.2. The first-order chi connectivity index (χ1) is 11.6. The van der Waals surface area contributed by atoms with Gasteiger partial charge in [0.1, 0.15) is 0 Å². The highest BCUT2D eigenvalue weighted by atomic mass is 35.5. The lowest BCUT2D eigenvalue weighted by atomic mass is 9.98. The summed E-state index contributed by atoms with van der Waals surface area (Å²) in [4.78, 5) is 16.1. The number of aryl methyl sites for hydroxylation is 1. The Bertz CT molecular complexity index is 709. The molecule has 3 rings (SSSR count). The van der Waals surface area contributed by atoms with Crippen LogP contribution < -0.4 is 0 Å². The molecule has 0 spiro atoms. The molecule has 1 atom stereocenters. The van der Waals surface area contributed by atoms with Crippen molar-refractivity contribution in [3.05, 3.63) is 50.4 Å². The third kappa shape index (κ3) is 5.17. The van der Waals surface area contributed by atoms with Gasteiger partial charge in [-0.3, -0.25) is 4.79 Å². The summed E-state index contributed by atoms with van der Waals surface area (Å²) < 4.78 is 0. The minimum absolute atomic E-state index is 0. The second-order valence-electron chi connectivity index (χ2n) is 6.29. The van der Waals surface area contributed by atoms with Crippen LogP contribution in [0.1, 0.15) is 34.6 Å². The van der Waals surface area contributed by atoms with Crippen LogP contribution in [0.4, 0.5) is 0 Å². The van der Waals surface area contributed by atoms with Crippen LogP contribution in [0.25, 0.3) is 5.57 Å². The Kier molecular flexibility index (Phi) is 7.69. The van der Waals surface area contributed by atoms with E-state index in [1.807, 2.05) is 0 Å². The summed E-state index contributed by atoms with van der Waals surface area (Å²) in [6.07, 6.45) is 5.09. The fourth-order valence-electron chi connectivity index (χ4n) is 3.24. The summed E-state index contributed by atoms with van der Waals surface area (Å²) in [5, 5.41) is 13.5. The molecule has 1 aliphatic rings. The van der Waals surface area contributed by atoms with E-state index in [0.29, 0.717) is 6.54 Å². The van der Waals surface area contributed by atoms with E-state index in [-0.39, 0.29) is 18.3 Å². The maximum Gasteiger partial charge on any atom is 0.307 e. The summed E-state index contributed by atoms with van der Waals surface area (Å²) in [5.74, 6) is -0.845. The number of carbonyl (C=O) groups is 1. The van der Waals surface area contributed by atoms with Crippen molar-refractivity contribution < 1.29 is 9.90 Å².